The Kier molecular flexibility index (Phi) is 2.77. The predicted molar refractivity (Wildman–Crippen MR) is 64.8 cm³/mol. The van der Waals surface area contributed by atoms with Gasteiger partial charge < -0.3 is 4.98 Å². The molecule has 0 unspecified atom stereocenters. The fraction of sp³-hybridized carbons (Fsp3) is 0.385. The zero-order valence-corrected chi connectivity index (χ0v) is 9.87. The maximum atomic E-state index is 11.6. The Morgan fingerprint density at radius 3 is 2.81 bits per heavy atom. The molecule has 16 heavy (non-hydrogen) atoms. The molecular formula is C13H16N2O. The fourth-order valence-electron chi connectivity index (χ4n) is 1.68. The molecule has 84 valence electrons. The summed E-state index contributed by atoms with van der Waals surface area (Å²) in [5, 5.41) is 0. The number of rotatable bonds is 3. The minimum Gasteiger partial charge on any atom is -0.342 e. The number of fused-ring (bicyclic) bond motifs is 1. The molecule has 0 atom stereocenters. The highest BCUT2D eigenvalue weighted by Crippen LogP contribution is 2.18. The highest BCUT2D eigenvalue weighted by molar-refractivity contribution is 5.98. The van der Waals surface area contributed by atoms with E-state index in [1.165, 1.54) is 0 Å². The molecule has 0 saturated carbocycles. The van der Waals surface area contributed by atoms with Crippen LogP contribution in [0.3, 0.4) is 0 Å². The van der Waals surface area contributed by atoms with Crippen LogP contribution >= 0.6 is 0 Å². The van der Waals surface area contributed by atoms with Crippen molar-refractivity contribution in [2.75, 3.05) is 0 Å². The number of hydrogen-bond acceptors (Lipinski definition) is 2. The Morgan fingerprint density at radius 2 is 2.19 bits per heavy atom. The minimum atomic E-state index is 0.169. The fourth-order valence-corrected chi connectivity index (χ4v) is 1.68. The van der Waals surface area contributed by atoms with E-state index in [9.17, 15) is 4.79 Å². The van der Waals surface area contributed by atoms with Gasteiger partial charge in [-0.2, -0.15) is 0 Å². The van der Waals surface area contributed by atoms with Gasteiger partial charge in [0.25, 0.3) is 0 Å². The molecule has 0 radical (unpaired) electrons. The van der Waals surface area contributed by atoms with Gasteiger partial charge in [0.05, 0.1) is 11.0 Å². The van der Waals surface area contributed by atoms with Crippen molar-refractivity contribution in [1.82, 2.24) is 9.97 Å². The molecule has 3 heteroatoms. The number of Topliss-reactive ketones (excluding diaryl/α,β-unsaturated/α-hetero) is 1. The van der Waals surface area contributed by atoms with Crippen LogP contribution < -0.4 is 0 Å². The average molecular weight is 216 g/mol. The molecule has 0 amide bonds. The zero-order chi connectivity index (χ0) is 11.7. The summed E-state index contributed by atoms with van der Waals surface area (Å²) in [5.41, 5.74) is 2.63. The number of nitrogens with one attached hydrogen (secondary N) is 1. The molecule has 0 saturated heterocycles. The molecule has 1 aromatic heterocycles. The van der Waals surface area contributed by atoms with E-state index < -0.39 is 0 Å². The van der Waals surface area contributed by atoms with E-state index in [0.29, 0.717) is 12.3 Å². The predicted octanol–water partition coefficient (Wildman–Crippen LogP) is 3.28. The number of aromatic nitrogens is 2. The molecule has 0 aliphatic rings. The van der Waals surface area contributed by atoms with Crippen molar-refractivity contribution in [3.05, 3.63) is 29.6 Å². The summed E-state index contributed by atoms with van der Waals surface area (Å²) in [7, 11) is 0. The first-order valence-corrected chi connectivity index (χ1v) is 5.64. The number of ketones is 1. The van der Waals surface area contributed by atoms with Gasteiger partial charge in [-0.3, -0.25) is 4.79 Å². The van der Waals surface area contributed by atoms with Gasteiger partial charge in [0.15, 0.2) is 5.78 Å². The first-order chi connectivity index (χ1) is 7.61. The summed E-state index contributed by atoms with van der Waals surface area (Å²) in [6.07, 6.45) is 0.538. The lowest BCUT2D eigenvalue weighted by Gasteiger charge is -1.97. The van der Waals surface area contributed by atoms with Gasteiger partial charge in [0.1, 0.15) is 5.82 Å². The van der Waals surface area contributed by atoms with Crippen LogP contribution in [0.1, 0.15) is 49.3 Å². The van der Waals surface area contributed by atoms with Gasteiger partial charge >= 0.3 is 0 Å². The van der Waals surface area contributed by atoms with Crippen molar-refractivity contribution in [2.24, 2.45) is 0 Å². The maximum Gasteiger partial charge on any atom is 0.162 e. The first-order valence-electron chi connectivity index (χ1n) is 5.64. The Balaban J connectivity index is 2.49. The standard InChI is InChI=1S/C13H16N2O/c1-4-12(16)9-5-6-10-11(7-9)15-13(14-10)8(2)3/h5-8H,4H2,1-3H3,(H,14,15). The lowest BCUT2D eigenvalue weighted by Crippen LogP contribution is -1.95. The van der Waals surface area contributed by atoms with Crippen LogP contribution in [0.15, 0.2) is 18.2 Å². The van der Waals surface area contributed by atoms with Crippen LogP contribution in [-0.4, -0.2) is 15.8 Å². The van der Waals surface area contributed by atoms with Crippen LogP contribution in [0.25, 0.3) is 11.0 Å². The first kappa shape index (κ1) is 10.9. The second-order valence-corrected chi connectivity index (χ2v) is 4.29. The molecule has 0 fully saturated rings. The van der Waals surface area contributed by atoms with Gasteiger partial charge in [-0.25, -0.2) is 4.98 Å². The number of carbonyl (C=O) groups is 1. The molecular weight excluding hydrogens is 200 g/mol. The van der Waals surface area contributed by atoms with Gasteiger partial charge in [-0.05, 0) is 18.2 Å². The Labute approximate surface area is 94.9 Å². The highest BCUT2D eigenvalue weighted by atomic mass is 16.1. The molecule has 0 spiro atoms. The van der Waals surface area contributed by atoms with E-state index in [0.717, 1.165) is 22.4 Å². The third-order valence-corrected chi connectivity index (χ3v) is 2.69. The quantitative estimate of drug-likeness (QED) is 0.800. The lowest BCUT2D eigenvalue weighted by atomic mass is 10.1. The normalized spacial score (nSPS) is 11.2. The van der Waals surface area contributed by atoms with Crippen molar-refractivity contribution in [3.8, 4) is 0 Å². The minimum absolute atomic E-state index is 0.169. The molecule has 0 aliphatic heterocycles. The second kappa shape index (κ2) is 4.08. The molecule has 3 nitrogen and oxygen atoms in total. The van der Waals surface area contributed by atoms with Gasteiger partial charge in [-0.1, -0.05) is 20.8 Å². The van der Waals surface area contributed by atoms with E-state index in [2.05, 4.69) is 23.8 Å². The largest absolute Gasteiger partial charge is 0.342 e. The second-order valence-electron chi connectivity index (χ2n) is 4.29. The summed E-state index contributed by atoms with van der Waals surface area (Å²) in [6.45, 7) is 6.06. The molecule has 0 aliphatic carbocycles. The number of H-pyrrole nitrogens is 1. The number of benzene rings is 1. The van der Waals surface area contributed by atoms with Crippen LogP contribution in [-0.2, 0) is 0 Å². The van der Waals surface area contributed by atoms with E-state index in [1.54, 1.807) is 0 Å². The number of imidazole rings is 1. The molecule has 2 aromatic rings. The molecule has 1 N–H and O–H groups in total. The number of carbonyl (C=O) groups excluding carboxylic acids is 1. The van der Waals surface area contributed by atoms with Gasteiger partial charge in [-0.15, -0.1) is 0 Å². The summed E-state index contributed by atoms with van der Waals surface area (Å²) in [4.78, 5) is 19.3. The lowest BCUT2D eigenvalue weighted by molar-refractivity contribution is 0.0988. The number of hydrogen-bond donors (Lipinski definition) is 1. The van der Waals surface area contributed by atoms with Crippen molar-refractivity contribution in [2.45, 2.75) is 33.1 Å². The van der Waals surface area contributed by atoms with Crippen LogP contribution in [0.2, 0.25) is 0 Å². The summed E-state index contributed by atoms with van der Waals surface area (Å²) < 4.78 is 0. The monoisotopic (exact) mass is 216 g/mol. The Hall–Kier alpha value is -1.64. The smallest absolute Gasteiger partial charge is 0.162 e. The van der Waals surface area contributed by atoms with Crippen molar-refractivity contribution in [1.29, 1.82) is 0 Å². The van der Waals surface area contributed by atoms with E-state index in [1.807, 2.05) is 25.1 Å². The molecule has 2 rings (SSSR count). The molecule has 0 bridgehead atoms. The Bertz CT molecular complexity index is 526. The van der Waals surface area contributed by atoms with Crippen LogP contribution in [0, 0.1) is 0 Å². The van der Waals surface area contributed by atoms with Gasteiger partial charge in [0.2, 0.25) is 0 Å². The maximum absolute atomic E-state index is 11.6. The summed E-state index contributed by atoms with van der Waals surface area (Å²) in [5.74, 6) is 1.51. The third kappa shape index (κ3) is 1.85. The number of nitrogens with zero attached hydrogens (tertiary/aromatic N) is 1. The SMILES string of the molecule is CCC(=O)c1ccc2nc(C(C)C)[nH]c2c1. The van der Waals surface area contributed by atoms with Crippen LogP contribution in [0.4, 0.5) is 0 Å². The van der Waals surface area contributed by atoms with Crippen LogP contribution in [0.5, 0.6) is 0 Å². The number of aromatic amines is 1. The zero-order valence-electron chi connectivity index (χ0n) is 9.87. The van der Waals surface area contributed by atoms with Gasteiger partial charge in [0, 0.05) is 17.9 Å². The summed E-state index contributed by atoms with van der Waals surface area (Å²) in [6, 6.07) is 5.64. The Morgan fingerprint density at radius 1 is 1.44 bits per heavy atom. The summed E-state index contributed by atoms with van der Waals surface area (Å²) >= 11 is 0. The van der Waals surface area contributed by atoms with Crippen molar-refractivity contribution >= 4 is 16.8 Å². The molecule has 1 aromatic carbocycles. The highest BCUT2D eigenvalue weighted by Gasteiger charge is 2.09. The molecule has 1 heterocycles. The van der Waals surface area contributed by atoms with Crippen molar-refractivity contribution in [3.63, 3.8) is 0 Å². The topological polar surface area (TPSA) is 45.8 Å². The van der Waals surface area contributed by atoms with Crippen molar-refractivity contribution < 1.29 is 4.79 Å². The van der Waals surface area contributed by atoms with E-state index in [4.69, 9.17) is 0 Å². The van der Waals surface area contributed by atoms with E-state index >= 15 is 0 Å². The van der Waals surface area contributed by atoms with E-state index in [-0.39, 0.29) is 5.78 Å². The third-order valence-electron chi connectivity index (χ3n) is 2.69. The average Bonchev–Trinajstić information content (AvgIpc) is 2.70.